The Kier molecular flexibility index (Phi) is 9.22. The standard InChI is InChI=1S/C24H33F2N9O4/c1-4-38-21-12-28-20(11-29-21)31-23(36)34(3)17-14-35(10-6-15(17)25)22-27-8-5-19(30-22)32-24(37)39-18-7-9-33(2)13-16(18)26/h5,8,11-12,15-18H,4,6-7,9-10,13-14H2,1-3H3,(H,28,31,36)(H,27,30,32,37)/t15-,16+,17+,18+/m1/s1. The fourth-order valence-electron chi connectivity index (χ4n) is 4.41. The number of halogens is 2. The highest BCUT2D eigenvalue weighted by atomic mass is 19.1. The number of alkyl halides is 2. The maximum absolute atomic E-state index is 14.9. The number of nitrogens with one attached hydrogen (secondary N) is 2. The highest BCUT2D eigenvalue weighted by Crippen LogP contribution is 2.24. The molecular weight excluding hydrogens is 516 g/mol. The van der Waals surface area contributed by atoms with Crippen molar-refractivity contribution in [2.75, 3.05) is 62.4 Å². The molecule has 0 spiro atoms. The maximum Gasteiger partial charge on any atom is 0.413 e. The molecule has 2 aromatic heterocycles. The highest BCUT2D eigenvalue weighted by Gasteiger charge is 2.36. The molecule has 2 aliphatic rings. The molecule has 4 heterocycles. The van der Waals surface area contributed by atoms with Crippen LogP contribution >= 0.6 is 0 Å². The van der Waals surface area contributed by atoms with Crippen molar-refractivity contribution < 1.29 is 27.8 Å². The molecule has 13 nitrogen and oxygen atoms in total. The number of ether oxygens (including phenoxy) is 2. The van der Waals surface area contributed by atoms with E-state index in [-0.39, 0.29) is 37.1 Å². The molecule has 2 aromatic rings. The fraction of sp³-hybridized carbons (Fsp3) is 0.583. The van der Waals surface area contributed by atoms with E-state index < -0.39 is 36.6 Å². The molecule has 4 rings (SSSR count). The molecule has 15 heteroatoms. The molecule has 0 unspecified atom stereocenters. The number of likely N-dealkylation sites (N-methyl/N-ethyl adjacent to an activating group) is 1. The smallest absolute Gasteiger partial charge is 0.413 e. The van der Waals surface area contributed by atoms with Crippen molar-refractivity contribution in [3.8, 4) is 5.88 Å². The third-order valence-corrected chi connectivity index (χ3v) is 6.57. The number of likely N-dealkylation sites (tertiary alicyclic amines) is 1. The van der Waals surface area contributed by atoms with E-state index in [1.807, 2.05) is 18.9 Å². The van der Waals surface area contributed by atoms with Crippen molar-refractivity contribution in [3.05, 3.63) is 24.7 Å². The number of hydrogen-bond acceptors (Lipinski definition) is 10. The summed E-state index contributed by atoms with van der Waals surface area (Å²) in [6.07, 6.45) is 0.532. The predicted octanol–water partition coefficient (Wildman–Crippen LogP) is 2.34. The summed E-state index contributed by atoms with van der Waals surface area (Å²) in [4.78, 5) is 46.7. The van der Waals surface area contributed by atoms with Gasteiger partial charge in [-0.05, 0) is 26.5 Å². The molecule has 2 fully saturated rings. The number of carbonyl (C=O) groups is 2. The first-order valence-corrected chi connectivity index (χ1v) is 12.7. The second-order valence-electron chi connectivity index (χ2n) is 9.41. The minimum absolute atomic E-state index is 0.118. The molecule has 0 radical (unpaired) electrons. The van der Waals surface area contributed by atoms with Gasteiger partial charge in [0.25, 0.3) is 0 Å². The van der Waals surface area contributed by atoms with E-state index in [4.69, 9.17) is 9.47 Å². The van der Waals surface area contributed by atoms with Crippen LogP contribution in [0.3, 0.4) is 0 Å². The molecule has 0 saturated carbocycles. The molecule has 0 aromatic carbocycles. The van der Waals surface area contributed by atoms with Gasteiger partial charge < -0.3 is 24.2 Å². The molecule has 3 amide bonds. The van der Waals surface area contributed by atoms with E-state index in [1.54, 1.807) is 4.90 Å². The lowest BCUT2D eigenvalue weighted by Crippen LogP contribution is -2.55. The summed E-state index contributed by atoms with van der Waals surface area (Å²) in [6, 6.07) is 0.121. The van der Waals surface area contributed by atoms with Crippen molar-refractivity contribution in [1.29, 1.82) is 0 Å². The van der Waals surface area contributed by atoms with Gasteiger partial charge in [-0.15, -0.1) is 0 Å². The lowest BCUT2D eigenvalue weighted by Gasteiger charge is -2.39. The van der Waals surface area contributed by atoms with E-state index in [0.717, 1.165) is 0 Å². The van der Waals surface area contributed by atoms with Crippen LogP contribution in [0.25, 0.3) is 0 Å². The number of rotatable bonds is 7. The number of nitrogens with zero attached hydrogens (tertiary/aromatic N) is 7. The Morgan fingerprint density at radius 2 is 1.90 bits per heavy atom. The average Bonchev–Trinajstić information content (AvgIpc) is 2.91. The molecule has 2 saturated heterocycles. The number of aromatic nitrogens is 4. The minimum atomic E-state index is -1.28. The Morgan fingerprint density at radius 1 is 1.08 bits per heavy atom. The lowest BCUT2D eigenvalue weighted by molar-refractivity contribution is 0.00405. The van der Waals surface area contributed by atoms with Gasteiger partial charge in [0.05, 0.1) is 25.0 Å². The van der Waals surface area contributed by atoms with Gasteiger partial charge in [-0.2, -0.15) is 4.98 Å². The first-order chi connectivity index (χ1) is 18.7. The van der Waals surface area contributed by atoms with Gasteiger partial charge in [-0.3, -0.25) is 10.6 Å². The van der Waals surface area contributed by atoms with Crippen LogP contribution < -0.4 is 20.3 Å². The second-order valence-corrected chi connectivity index (χ2v) is 9.41. The van der Waals surface area contributed by atoms with Crippen molar-refractivity contribution in [2.45, 2.75) is 44.3 Å². The van der Waals surface area contributed by atoms with Crippen molar-refractivity contribution in [1.82, 2.24) is 29.7 Å². The lowest BCUT2D eigenvalue weighted by atomic mass is 10.0. The number of piperidine rings is 2. The molecular formula is C24H33F2N9O4. The quantitative estimate of drug-likeness (QED) is 0.529. The number of carbonyl (C=O) groups excluding carboxylic acids is 2. The molecule has 212 valence electrons. The average molecular weight is 550 g/mol. The van der Waals surface area contributed by atoms with E-state index in [1.165, 1.54) is 36.6 Å². The van der Waals surface area contributed by atoms with Gasteiger partial charge in [-0.25, -0.2) is 33.3 Å². The van der Waals surface area contributed by atoms with Gasteiger partial charge >= 0.3 is 12.1 Å². The first-order valence-electron chi connectivity index (χ1n) is 12.7. The summed E-state index contributed by atoms with van der Waals surface area (Å²) < 4.78 is 39.6. The van der Waals surface area contributed by atoms with Gasteiger partial charge in [0.2, 0.25) is 11.8 Å². The predicted molar refractivity (Wildman–Crippen MR) is 138 cm³/mol. The summed E-state index contributed by atoms with van der Waals surface area (Å²) in [6.45, 7) is 3.50. The van der Waals surface area contributed by atoms with Crippen LogP contribution in [0.5, 0.6) is 5.88 Å². The Morgan fingerprint density at radius 3 is 2.62 bits per heavy atom. The monoisotopic (exact) mass is 549 g/mol. The van der Waals surface area contributed by atoms with Crippen LogP contribution in [0.1, 0.15) is 19.8 Å². The summed E-state index contributed by atoms with van der Waals surface area (Å²) in [5.41, 5.74) is 0. The van der Waals surface area contributed by atoms with E-state index >= 15 is 0 Å². The Hall–Kier alpha value is -3.88. The van der Waals surface area contributed by atoms with Gasteiger partial charge in [0.1, 0.15) is 24.3 Å². The number of amides is 3. The molecule has 2 N–H and O–H groups in total. The molecule has 0 bridgehead atoms. The maximum atomic E-state index is 14.9. The number of urea groups is 1. The van der Waals surface area contributed by atoms with Crippen LogP contribution in [0.2, 0.25) is 0 Å². The zero-order valence-electron chi connectivity index (χ0n) is 22.1. The Labute approximate surface area is 224 Å². The molecule has 0 aliphatic carbocycles. The van der Waals surface area contributed by atoms with Crippen molar-refractivity contribution in [3.63, 3.8) is 0 Å². The van der Waals surface area contributed by atoms with E-state index in [2.05, 4.69) is 30.6 Å². The van der Waals surface area contributed by atoms with Gasteiger partial charge in [0, 0.05) is 45.8 Å². The molecule has 2 aliphatic heterocycles. The van der Waals surface area contributed by atoms with Crippen LogP contribution in [-0.4, -0.2) is 113 Å². The minimum Gasteiger partial charge on any atom is -0.477 e. The third-order valence-electron chi connectivity index (χ3n) is 6.57. The number of hydrogen-bond donors (Lipinski definition) is 2. The Balaban J connectivity index is 1.35. The van der Waals surface area contributed by atoms with Gasteiger partial charge in [0.15, 0.2) is 5.82 Å². The van der Waals surface area contributed by atoms with Crippen LogP contribution in [0.4, 0.5) is 36.0 Å². The van der Waals surface area contributed by atoms with Crippen LogP contribution in [-0.2, 0) is 4.74 Å². The zero-order valence-corrected chi connectivity index (χ0v) is 22.1. The number of anilines is 3. The largest absolute Gasteiger partial charge is 0.477 e. The van der Waals surface area contributed by atoms with E-state index in [0.29, 0.717) is 32.0 Å². The SMILES string of the molecule is CCOc1cnc(NC(=O)N(C)[C@H]2CN(c3nccc(NC(=O)O[C@H]4CCN(C)C[C@@H]4F)n3)CC[C@H]2F)cn1. The normalized spacial score (nSPS) is 23.6. The zero-order chi connectivity index (χ0) is 27.9. The van der Waals surface area contributed by atoms with Crippen molar-refractivity contribution >= 4 is 29.7 Å². The first kappa shape index (κ1) is 28.1. The molecule has 4 atom stereocenters. The summed E-state index contributed by atoms with van der Waals surface area (Å²) >= 11 is 0. The second kappa shape index (κ2) is 12.8. The van der Waals surface area contributed by atoms with Crippen LogP contribution in [0, 0.1) is 0 Å². The molecule has 39 heavy (non-hydrogen) atoms. The Bertz CT molecular complexity index is 1130. The highest BCUT2D eigenvalue weighted by molar-refractivity contribution is 5.88. The third kappa shape index (κ3) is 7.37. The topological polar surface area (TPSA) is 138 Å². The van der Waals surface area contributed by atoms with Gasteiger partial charge in [-0.1, -0.05) is 0 Å². The summed E-state index contributed by atoms with van der Waals surface area (Å²) in [5, 5.41) is 5.11. The van der Waals surface area contributed by atoms with Crippen molar-refractivity contribution in [2.24, 2.45) is 0 Å². The summed E-state index contributed by atoms with van der Waals surface area (Å²) in [5.74, 6) is 0.937. The summed E-state index contributed by atoms with van der Waals surface area (Å²) in [7, 11) is 3.30. The van der Waals surface area contributed by atoms with E-state index in [9.17, 15) is 18.4 Å². The van der Waals surface area contributed by atoms with Crippen LogP contribution in [0.15, 0.2) is 24.7 Å². The fourth-order valence-corrected chi connectivity index (χ4v) is 4.41.